The smallest absolute Gasteiger partial charge is 0.413 e. The Labute approximate surface area is 141 Å². The second kappa shape index (κ2) is 7.50. The number of anilines is 2. The fraction of sp³-hybridized carbons (Fsp3) is 0.222. The van der Waals surface area contributed by atoms with Gasteiger partial charge in [-0.2, -0.15) is 0 Å². The van der Waals surface area contributed by atoms with E-state index in [4.69, 9.17) is 4.74 Å². The third-order valence-electron chi connectivity index (χ3n) is 3.63. The quantitative estimate of drug-likeness (QED) is 0.933. The monoisotopic (exact) mass is 328 g/mol. The van der Waals surface area contributed by atoms with Gasteiger partial charge in [0.25, 0.3) is 5.91 Å². The van der Waals surface area contributed by atoms with Crippen molar-refractivity contribution in [1.82, 2.24) is 0 Å². The number of nitrogens with one attached hydrogen (secondary N) is 1. The molecule has 0 radical (unpaired) electrons. The van der Waals surface area contributed by atoms with E-state index in [9.17, 15) is 9.59 Å². The summed E-state index contributed by atoms with van der Waals surface area (Å²) in [5, 5.41) is 2.81. The molecule has 0 aromatic heterocycles. The lowest BCUT2D eigenvalue weighted by Crippen LogP contribution is -2.25. The number of carbonyl (C=O) groups is 2. The summed E-state index contributed by atoms with van der Waals surface area (Å²) < 4.78 is 9.89. The number of ether oxygens (including phenoxy) is 2. The fourth-order valence-electron chi connectivity index (χ4n) is 2.18. The molecule has 24 heavy (non-hydrogen) atoms. The van der Waals surface area contributed by atoms with Gasteiger partial charge in [-0.3, -0.25) is 9.69 Å². The zero-order chi connectivity index (χ0) is 17.7. The molecular weight excluding hydrogens is 308 g/mol. The molecule has 0 heterocycles. The third-order valence-corrected chi connectivity index (χ3v) is 3.63. The lowest BCUT2D eigenvalue weighted by molar-refractivity contribution is 0.102. The van der Waals surface area contributed by atoms with Gasteiger partial charge in [0, 0.05) is 24.0 Å². The van der Waals surface area contributed by atoms with Gasteiger partial charge in [0.2, 0.25) is 0 Å². The van der Waals surface area contributed by atoms with Crippen LogP contribution in [0.3, 0.4) is 0 Å². The zero-order valence-corrected chi connectivity index (χ0v) is 14.1. The van der Waals surface area contributed by atoms with Crippen molar-refractivity contribution in [3.8, 4) is 5.75 Å². The van der Waals surface area contributed by atoms with E-state index in [1.54, 1.807) is 50.6 Å². The van der Waals surface area contributed by atoms with Crippen molar-refractivity contribution in [2.24, 2.45) is 0 Å². The number of nitrogens with zero attached hydrogens (tertiary/aromatic N) is 1. The van der Waals surface area contributed by atoms with Crippen LogP contribution in [0.5, 0.6) is 5.75 Å². The van der Waals surface area contributed by atoms with Crippen LogP contribution in [0.25, 0.3) is 0 Å². The van der Waals surface area contributed by atoms with Crippen LogP contribution in [0.2, 0.25) is 0 Å². The summed E-state index contributed by atoms with van der Waals surface area (Å²) in [6, 6.07) is 12.2. The molecule has 0 saturated carbocycles. The number of carbonyl (C=O) groups excluding carboxylic acids is 2. The minimum Gasteiger partial charge on any atom is -0.496 e. The lowest BCUT2D eigenvalue weighted by atomic mass is 10.1. The Morgan fingerprint density at radius 3 is 2.29 bits per heavy atom. The van der Waals surface area contributed by atoms with Gasteiger partial charge in [0.1, 0.15) is 5.75 Å². The van der Waals surface area contributed by atoms with Crippen molar-refractivity contribution in [2.45, 2.75) is 6.92 Å². The van der Waals surface area contributed by atoms with Crippen molar-refractivity contribution in [1.29, 1.82) is 0 Å². The van der Waals surface area contributed by atoms with Gasteiger partial charge in [0.05, 0.1) is 14.2 Å². The molecule has 2 aromatic carbocycles. The Bertz CT molecular complexity index is 741. The second-order valence-electron chi connectivity index (χ2n) is 5.21. The molecule has 0 fully saturated rings. The van der Waals surface area contributed by atoms with Crippen molar-refractivity contribution >= 4 is 23.4 Å². The van der Waals surface area contributed by atoms with Gasteiger partial charge >= 0.3 is 6.09 Å². The molecule has 126 valence electrons. The minimum absolute atomic E-state index is 0.234. The predicted molar refractivity (Wildman–Crippen MR) is 92.9 cm³/mol. The van der Waals surface area contributed by atoms with Crippen LogP contribution in [0.15, 0.2) is 42.5 Å². The first-order chi connectivity index (χ1) is 11.5. The molecule has 0 saturated heterocycles. The van der Waals surface area contributed by atoms with Crippen LogP contribution in [-0.2, 0) is 4.74 Å². The average molecular weight is 328 g/mol. The average Bonchev–Trinajstić information content (AvgIpc) is 2.61. The number of rotatable bonds is 4. The molecule has 0 unspecified atom stereocenters. The number of methoxy groups -OCH3 is 2. The summed E-state index contributed by atoms with van der Waals surface area (Å²) in [5.74, 6) is 0.431. The van der Waals surface area contributed by atoms with Gasteiger partial charge < -0.3 is 14.8 Å². The van der Waals surface area contributed by atoms with E-state index in [0.29, 0.717) is 22.7 Å². The topological polar surface area (TPSA) is 67.9 Å². The van der Waals surface area contributed by atoms with Crippen LogP contribution in [0, 0.1) is 6.92 Å². The largest absolute Gasteiger partial charge is 0.496 e. The van der Waals surface area contributed by atoms with Gasteiger partial charge in [-0.15, -0.1) is 0 Å². The number of aryl methyl sites for hydroxylation is 1. The first kappa shape index (κ1) is 17.3. The highest BCUT2D eigenvalue weighted by Gasteiger charge is 2.12. The van der Waals surface area contributed by atoms with E-state index in [1.807, 2.05) is 13.0 Å². The Morgan fingerprint density at radius 2 is 1.71 bits per heavy atom. The highest BCUT2D eigenvalue weighted by Crippen LogP contribution is 2.21. The number of benzene rings is 2. The molecule has 2 rings (SSSR count). The van der Waals surface area contributed by atoms with Crippen molar-refractivity contribution < 1.29 is 19.1 Å². The van der Waals surface area contributed by atoms with E-state index >= 15 is 0 Å². The minimum atomic E-state index is -0.460. The molecule has 6 heteroatoms. The van der Waals surface area contributed by atoms with Crippen molar-refractivity contribution in [3.63, 3.8) is 0 Å². The summed E-state index contributed by atoms with van der Waals surface area (Å²) in [4.78, 5) is 25.2. The highest BCUT2D eigenvalue weighted by atomic mass is 16.5. The van der Waals surface area contributed by atoms with Gasteiger partial charge in [-0.1, -0.05) is 6.07 Å². The second-order valence-corrected chi connectivity index (χ2v) is 5.21. The molecule has 0 aliphatic heterocycles. The molecule has 0 spiro atoms. The SMILES string of the molecule is COC(=O)N(C)c1ccc(NC(=O)c2ccc(C)c(OC)c2)cc1. The maximum Gasteiger partial charge on any atom is 0.413 e. The van der Waals surface area contributed by atoms with Crippen molar-refractivity contribution in [3.05, 3.63) is 53.6 Å². The Hall–Kier alpha value is -3.02. The van der Waals surface area contributed by atoms with E-state index < -0.39 is 6.09 Å². The van der Waals surface area contributed by atoms with Gasteiger partial charge in [0.15, 0.2) is 0 Å². The summed E-state index contributed by atoms with van der Waals surface area (Å²) in [6.45, 7) is 1.91. The van der Waals surface area contributed by atoms with E-state index in [1.165, 1.54) is 12.0 Å². The Kier molecular flexibility index (Phi) is 5.42. The van der Waals surface area contributed by atoms with E-state index in [2.05, 4.69) is 10.1 Å². The first-order valence-corrected chi connectivity index (χ1v) is 7.34. The Morgan fingerprint density at radius 1 is 1.04 bits per heavy atom. The van der Waals surface area contributed by atoms with Gasteiger partial charge in [-0.25, -0.2) is 4.79 Å². The molecule has 0 aliphatic carbocycles. The molecule has 0 aliphatic rings. The van der Waals surface area contributed by atoms with Crippen LogP contribution >= 0.6 is 0 Å². The Balaban J connectivity index is 2.11. The van der Waals surface area contributed by atoms with Crippen LogP contribution in [0.4, 0.5) is 16.2 Å². The van der Waals surface area contributed by atoms with Crippen LogP contribution < -0.4 is 15.0 Å². The van der Waals surface area contributed by atoms with E-state index in [0.717, 1.165) is 5.56 Å². The standard InChI is InChI=1S/C18H20N2O4/c1-12-5-6-13(11-16(12)23-3)17(21)19-14-7-9-15(10-8-14)20(2)18(22)24-4/h5-11H,1-4H3,(H,19,21). The maximum atomic E-state index is 12.3. The summed E-state index contributed by atoms with van der Waals surface area (Å²) in [5.41, 5.74) is 2.76. The van der Waals surface area contributed by atoms with Crippen molar-refractivity contribution in [2.75, 3.05) is 31.5 Å². The molecule has 6 nitrogen and oxygen atoms in total. The van der Waals surface area contributed by atoms with E-state index in [-0.39, 0.29) is 5.91 Å². The molecule has 1 N–H and O–H groups in total. The first-order valence-electron chi connectivity index (χ1n) is 7.34. The van der Waals surface area contributed by atoms with Crippen LogP contribution in [0.1, 0.15) is 15.9 Å². The summed E-state index contributed by atoms with van der Waals surface area (Å²) in [6.07, 6.45) is -0.460. The summed E-state index contributed by atoms with van der Waals surface area (Å²) >= 11 is 0. The zero-order valence-electron chi connectivity index (χ0n) is 14.1. The number of hydrogen-bond acceptors (Lipinski definition) is 4. The molecular formula is C18H20N2O4. The highest BCUT2D eigenvalue weighted by molar-refractivity contribution is 6.04. The number of amides is 2. The molecule has 2 aromatic rings. The number of hydrogen-bond donors (Lipinski definition) is 1. The fourth-order valence-corrected chi connectivity index (χ4v) is 2.18. The predicted octanol–water partition coefficient (Wildman–Crippen LogP) is 3.46. The molecule has 0 bridgehead atoms. The molecule has 0 atom stereocenters. The van der Waals surface area contributed by atoms with Crippen LogP contribution in [-0.4, -0.2) is 33.3 Å². The normalized spacial score (nSPS) is 10.0. The lowest BCUT2D eigenvalue weighted by Gasteiger charge is -2.16. The summed E-state index contributed by atoms with van der Waals surface area (Å²) in [7, 11) is 4.50. The maximum absolute atomic E-state index is 12.3. The third kappa shape index (κ3) is 3.84. The molecule has 2 amide bonds. The van der Waals surface area contributed by atoms with Gasteiger partial charge in [-0.05, 0) is 48.9 Å².